The number of anilines is 1. The van der Waals surface area contributed by atoms with Crippen molar-refractivity contribution in [3.8, 4) is 0 Å². The first-order valence-corrected chi connectivity index (χ1v) is 7.88. The molecule has 1 aliphatic rings. The Kier molecular flexibility index (Phi) is 4.71. The minimum Gasteiger partial charge on any atom is -0.378 e. The predicted octanol–water partition coefficient (Wildman–Crippen LogP) is 1.46. The number of hydrogen-bond donors (Lipinski definition) is 0. The highest BCUT2D eigenvalue weighted by Gasteiger charge is 2.28. The molecule has 3 rings (SSSR count). The number of carbonyl (C=O) groups excluding carboxylic acids is 1. The zero-order valence-corrected chi connectivity index (χ0v) is 14.1. The average Bonchev–Trinajstić information content (AvgIpc) is 2.61. The highest BCUT2D eigenvalue weighted by Crippen LogP contribution is 2.25. The van der Waals surface area contributed by atoms with Crippen LogP contribution in [0.15, 0.2) is 30.6 Å². The van der Waals surface area contributed by atoms with Gasteiger partial charge in [-0.15, -0.1) is 0 Å². The third-order valence-electron chi connectivity index (χ3n) is 3.91. The molecule has 0 saturated carbocycles. The van der Waals surface area contributed by atoms with E-state index in [-0.39, 0.29) is 17.8 Å². The lowest BCUT2D eigenvalue weighted by Gasteiger charge is -2.32. The fourth-order valence-corrected chi connectivity index (χ4v) is 2.66. The molecule has 0 aromatic carbocycles. The van der Waals surface area contributed by atoms with Gasteiger partial charge in [0.2, 0.25) is 5.82 Å². The van der Waals surface area contributed by atoms with Crippen molar-refractivity contribution in [1.29, 1.82) is 0 Å². The summed E-state index contributed by atoms with van der Waals surface area (Å²) in [5.74, 6) is 0.0359. The van der Waals surface area contributed by atoms with Gasteiger partial charge in [-0.1, -0.05) is 0 Å². The smallest absolute Gasteiger partial charge is 0.291 e. The molecule has 0 bridgehead atoms. The Hall–Kier alpha value is -2.54. The molecule has 2 aromatic rings. The van der Waals surface area contributed by atoms with Crippen LogP contribution in [0, 0.1) is 6.92 Å². The topological polar surface area (TPSA) is 71.5 Å². The van der Waals surface area contributed by atoms with Gasteiger partial charge in [0.1, 0.15) is 6.10 Å². The molecule has 0 spiro atoms. The third-order valence-corrected chi connectivity index (χ3v) is 3.91. The summed E-state index contributed by atoms with van der Waals surface area (Å²) < 4.78 is 5.85. The maximum atomic E-state index is 12.5. The second kappa shape index (κ2) is 6.92. The van der Waals surface area contributed by atoms with Gasteiger partial charge in [-0.3, -0.25) is 9.78 Å². The summed E-state index contributed by atoms with van der Waals surface area (Å²) in [7, 11) is 3.98. The van der Waals surface area contributed by atoms with E-state index in [9.17, 15) is 4.79 Å². The van der Waals surface area contributed by atoms with Gasteiger partial charge in [-0.05, 0) is 25.1 Å². The number of aromatic nitrogens is 3. The third kappa shape index (κ3) is 3.51. The summed E-state index contributed by atoms with van der Waals surface area (Å²) in [6.45, 7) is 3.40. The van der Waals surface area contributed by atoms with Crippen molar-refractivity contribution in [3.05, 3.63) is 47.8 Å². The molecule has 3 heterocycles. The Morgan fingerprint density at radius 1 is 1.29 bits per heavy atom. The number of ether oxygens (including phenoxy) is 1. The number of carbonyl (C=O) groups is 1. The molecule has 1 fully saturated rings. The van der Waals surface area contributed by atoms with E-state index >= 15 is 0 Å². The van der Waals surface area contributed by atoms with E-state index in [1.807, 2.05) is 38.1 Å². The van der Waals surface area contributed by atoms with Crippen LogP contribution in [0.25, 0.3) is 0 Å². The fourth-order valence-electron chi connectivity index (χ4n) is 2.66. The minimum absolute atomic E-state index is 0.176. The van der Waals surface area contributed by atoms with Crippen LogP contribution in [0.4, 0.5) is 5.69 Å². The van der Waals surface area contributed by atoms with Crippen LogP contribution in [-0.2, 0) is 4.74 Å². The van der Waals surface area contributed by atoms with Gasteiger partial charge in [0, 0.05) is 44.4 Å². The van der Waals surface area contributed by atoms with Crippen LogP contribution in [0.3, 0.4) is 0 Å². The fraction of sp³-hybridized carbons (Fsp3) is 0.412. The van der Waals surface area contributed by atoms with Crippen LogP contribution in [-0.4, -0.2) is 59.6 Å². The molecular formula is C17H21N5O2. The van der Waals surface area contributed by atoms with E-state index in [4.69, 9.17) is 4.74 Å². The summed E-state index contributed by atoms with van der Waals surface area (Å²) in [6, 6.07) is 5.72. The Bertz CT molecular complexity index is 720. The van der Waals surface area contributed by atoms with Crippen molar-refractivity contribution < 1.29 is 9.53 Å². The number of nitrogens with zero attached hydrogens (tertiary/aromatic N) is 5. The Morgan fingerprint density at radius 3 is 2.75 bits per heavy atom. The van der Waals surface area contributed by atoms with Crippen molar-refractivity contribution in [3.63, 3.8) is 0 Å². The van der Waals surface area contributed by atoms with Crippen LogP contribution in [0.5, 0.6) is 0 Å². The van der Waals surface area contributed by atoms with Crippen molar-refractivity contribution >= 4 is 11.6 Å². The molecule has 0 radical (unpaired) electrons. The van der Waals surface area contributed by atoms with Gasteiger partial charge in [-0.2, -0.15) is 0 Å². The SMILES string of the molecule is Cc1cc(N(C)C)cc([C@@H]2CN(C(=O)c3ncccn3)CCO2)n1. The standard InChI is InChI=1S/C17H21N5O2/c1-12-9-13(21(2)3)10-14(20-12)15-11-22(7-8-24-15)17(23)16-18-5-4-6-19-16/h4-6,9-10,15H,7-8,11H2,1-3H3/t15-/m0/s1. The van der Waals surface area contributed by atoms with Gasteiger partial charge in [0.25, 0.3) is 5.91 Å². The van der Waals surface area contributed by atoms with E-state index in [2.05, 4.69) is 15.0 Å². The summed E-state index contributed by atoms with van der Waals surface area (Å²) in [4.78, 5) is 29.0. The molecule has 7 heteroatoms. The van der Waals surface area contributed by atoms with E-state index in [0.29, 0.717) is 19.7 Å². The van der Waals surface area contributed by atoms with Gasteiger partial charge in [0.05, 0.1) is 18.8 Å². The molecule has 0 N–H and O–H groups in total. The first kappa shape index (κ1) is 16.3. The molecule has 1 saturated heterocycles. The monoisotopic (exact) mass is 327 g/mol. The van der Waals surface area contributed by atoms with E-state index < -0.39 is 0 Å². The zero-order chi connectivity index (χ0) is 17.1. The maximum Gasteiger partial charge on any atom is 0.291 e. The Balaban J connectivity index is 1.80. The summed E-state index contributed by atoms with van der Waals surface area (Å²) in [6.07, 6.45) is 2.90. The molecule has 7 nitrogen and oxygen atoms in total. The zero-order valence-electron chi connectivity index (χ0n) is 14.1. The van der Waals surface area contributed by atoms with Crippen LogP contribution >= 0.6 is 0 Å². The molecule has 0 unspecified atom stereocenters. The molecule has 1 amide bonds. The second-order valence-electron chi connectivity index (χ2n) is 5.97. The van der Waals surface area contributed by atoms with E-state index in [1.54, 1.807) is 23.4 Å². The normalized spacial score (nSPS) is 17.6. The number of pyridine rings is 1. The number of aryl methyl sites for hydroxylation is 1. The number of amides is 1. The molecule has 126 valence electrons. The van der Waals surface area contributed by atoms with Crippen LogP contribution in [0.2, 0.25) is 0 Å². The summed E-state index contributed by atoms with van der Waals surface area (Å²) in [5.41, 5.74) is 2.83. The maximum absolute atomic E-state index is 12.5. The predicted molar refractivity (Wildman–Crippen MR) is 89.9 cm³/mol. The summed E-state index contributed by atoms with van der Waals surface area (Å²) >= 11 is 0. The molecular weight excluding hydrogens is 306 g/mol. The van der Waals surface area contributed by atoms with Crippen LogP contribution < -0.4 is 4.90 Å². The lowest BCUT2D eigenvalue weighted by atomic mass is 10.1. The average molecular weight is 327 g/mol. The first-order valence-electron chi connectivity index (χ1n) is 7.88. The quantitative estimate of drug-likeness (QED) is 0.850. The van der Waals surface area contributed by atoms with Gasteiger partial charge >= 0.3 is 0 Å². The number of hydrogen-bond acceptors (Lipinski definition) is 6. The highest BCUT2D eigenvalue weighted by molar-refractivity contribution is 5.90. The molecule has 24 heavy (non-hydrogen) atoms. The molecule has 0 aliphatic carbocycles. The lowest BCUT2D eigenvalue weighted by Crippen LogP contribution is -2.43. The number of rotatable bonds is 3. The molecule has 2 aromatic heterocycles. The summed E-state index contributed by atoms with van der Waals surface area (Å²) in [5, 5.41) is 0. The first-order chi connectivity index (χ1) is 11.5. The van der Waals surface area contributed by atoms with Crippen molar-refractivity contribution in [2.45, 2.75) is 13.0 Å². The van der Waals surface area contributed by atoms with Gasteiger partial charge in [-0.25, -0.2) is 9.97 Å². The molecule has 1 atom stereocenters. The van der Waals surface area contributed by atoms with Gasteiger partial charge in [0.15, 0.2) is 0 Å². The highest BCUT2D eigenvalue weighted by atomic mass is 16.5. The van der Waals surface area contributed by atoms with E-state index in [1.165, 1.54) is 0 Å². The minimum atomic E-state index is -0.245. The lowest BCUT2D eigenvalue weighted by molar-refractivity contribution is -0.0251. The Labute approximate surface area is 141 Å². The van der Waals surface area contributed by atoms with Crippen LogP contribution in [0.1, 0.15) is 28.1 Å². The number of morpholine rings is 1. The Morgan fingerprint density at radius 2 is 2.04 bits per heavy atom. The van der Waals surface area contributed by atoms with Crippen molar-refractivity contribution in [2.24, 2.45) is 0 Å². The van der Waals surface area contributed by atoms with Crippen molar-refractivity contribution in [1.82, 2.24) is 19.9 Å². The second-order valence-corrected chi connectivity index (χ2v) is 5.97. The largest absolute Gasteiger partial charge is 0.378 e. The molecule has 1 aliphatic heterocycles. The van der Waals surface area contributed by atoms with Gasteiger partial charge < -0.3 is 14.5 Å². The van der Waals surface area contributed by atoms with E-state index in [0.717, 1.165) is 17.1 Å². The van der Waals surface area contributed by atoms with Crippen molar-refractivity contribution in [2.75, 3.05) is 38.7 Å².